The molecule has 0 radical (unpaired) electrons. The van der Waals surface area contributed by atoms with E-state index in [1.165, 1.54) is 23.1 Å². The van der Waals surface area contributed by atoms with Crippen LogP contribution in [0.15, 0.2) is 59.7 Å². The smallest absolute Gasteiger partial charge is 0.271 e. The summed E-state index contributed by atoms with van der Waals surface area (Å²) >= 11 is 0. The zero-order chi connectivity index (χ0) is 23.0. The second-order valence-electron chi connectivity index (χ2n) is 7.81. The van der Waals surface area contributed by atoms with Gasteiger partial charge in [-0.3, -0.25) is 9.59 Å². The predicted octanol–water partition coefficient (Wildman–Crippen LogP) is 0.642. The fourth-order valence-electron chi connectivity index (χ4n) is 3.47. The van der Waals surface area contributed by atoms with Crippen LogP contribution in [0.4, 0.5) is 5.82 Å². The van der Waals surface area contributed by atoms with E-state index in [0.717, 1.165) is 37.6 Å². The number of nitrogens with zero attached hydrogens (tertiary/aromatic N) is 6. The number of piperazine rings is 1. The van der Waals surface area contributed by atoms with Crippen molar-refractivity contribution in [2.45, 2.75) is 6.54 Å². The molecular formula is C23H27N7O3. The summed E-state index contributed by atoms with van der Waals surface area (Å²) in [6.45, 7) is 4.59. The molecule has 0 bridgehead atoms. The summed E-state index contributed by atoms with van der Waals surface area (Å²) < 4.78 is 6.97. The van der Waals surface area contributed by atoms with Crippen LogP contribution in [-0.4, -0.2) is 76.9 Å². The van der Waals surface area contributed by atoms with E-state index in [4.69, 9.17) is 4.74 Å². The van der Waals surface area contributed by atoms with Crippen LogP contribution in [0.3, 0.4) is 0 Å². The molecule has 2 aromatic heterocycles. The molecule has 0 spiro atoms. The predicted molar refractivity (Wildman–Crippen MR) is 124 cm³/mol. The van der Waals surface area contributed by atoms with Gasteiger partial charge in [-0.05, 0) is 18.7 Å². The van der Waals surface area contributed by atoms with Gasteiger partial charge < -0.3 is 19.9 Å². The maximum Gasteiger partial charge on any atom is 0.271 e. The summed E-state index contributed by atoms with van der Waals surface area (Å²) in [6.07, 6.45) is 1.49. The molecule has 3 heterocycles. The van der Waals surface area contributed by atoms with Crippen LogP contribution in [0.5, 0.6) is 5.88 Å². The molecule has 4 rings (SSSR count). The minimum atomic E-state index is -0.374. The fourth-order valence-corrected chi connectivity index (χ4v) is 3.47. The van der Waals surface area contributed by atoms with E-state index in [9.17, 15) is 9.59 Å². The molecule has 1 aliphatic rings. The third kappa shape index (κ3) is 6.13. The summed E-state index contributed by atoms with van der Waals surface area (Å²) in [4.78, 5) is 37.6. The van der Waals surface area contributed by atoms with Crippen LogP contribution in [0.25, 0.3) is 0 Å². The molecule has 10 heteroatoms. The SMILES string of the molecule is CN1CCN(c2cc(OCCNC(=O)c3ccc(=O)n(Cc4ccccc4)n3)ncn2)CC1. The van der Waals surface area contributed by atoms with Crippen LogP contribution >= 0.6 is 0 Å². The van der Waals surface area contributed by atoms with E-state index in [0.29, 0.717) is 12.4 Å². The molecule has 1 aromatic carbocycles. The average molecular weight is 450 g/mol. The zero-order valence-corrected chi connectivity index (χ0v) is 18.6. The molecule has 10 nitrogen and oxygen atoms in total. The Balaban J connectivity index is 1.28. The average Bonchev–Trinajstić information content (AvgIpc) is 2.84. The third-order valence-corrected chi connectivity index (χ3v) is 5.37. The molecule has 0 saturated carbocycles. The van der Waals surface area contributed by atoms with E-state index < -0.39 is 0 Å². The summed E-state index contributed by atoms with van der Waals surface area (Å²) in [7, 11) is 2.10. The highest BCUT2D eigenvalue weighted by atomic mass is 16.5. The lowest BCUT2D eigenvalue weighted by atomic mass is 10.2. The van der Waals surface area contributed by atoms with E-state index in [1.807, 2.05) is 36.4 Å². The van der Waals surface area contributed by atoms with E-state index in [1.54, 1.807) is 0 Å². The monoisotopic (exact) mass is 449 g/mol. The van der Waals surface area contributed by atoms with Gasteiger partial charge in [-0.1, -0.05) is 30.3 Å². The summed E-state index contributed by atoms with van der Waals surface area (Å²) in [5.41, 5.74) is 0.836. The summed E-state index contributed by atoms with van der Waals surface area (Å²) in [5, 5.41) is 6.96. The van der Waals surface area contributed by atoms with E-state index in [-0.39, 0.29) is 30.3 Å². The topological polar surface area (TPSA) is 105 Å². The quantitative estimate of drug-likeness (QED) is 0.500. The van der Waals surface area contributed by atoms with Crippen molar-refractivity contribution < 1.29 is 9.53 Å². The van der Waals surface area contributed by atoms with Crippen molar-refractivity contribution in [3.8, 4) is 5.88 Å². The highest BCUT2D eigenvalue weighted by molar-refractivity contribution is 5.91. The second-order valence-corrected chi connectivity index (χ2v) is 7.81. The number of hydrogen-bond donors (Lipinski definition) is 1. The highest BCUT2D eigenvalue weighted by Gasteiger charge is 2.16. The Kier molecular flexibility index (Phi) is 7.26. The number of likely N-dealkylation sites (N-methyl/N-ethyl adjacent to an activating group) is 1. The van der Waals surface area contributed by atoms with Crippen molar-refractivity contribution in [2.24, 2.45) is 0 Å². The number of ether oxygens (including phenoxy) is 1. The number of nitrogens with one attached hydrogen (secondary N) is 1. The molecule has 1 amide bonds. The van der Waals surface area contributed by atoms with Gasteiger partial charge in [-0.25, -0.2) is 14.6 Å². The first-order valence-electron chi connectivity index (χ1n) is 10.9. The first kappa shape index (κ1) is 22.4. The van der Waals surface area contributed by atoms with Crippen molar-refractivity contribution in [3.63, 3.8) is 0 Å². The standard InChI is InChI=1S/C23H27N7O3/c1-28-10-12-29(13-11-28)20-15-21(26-17-25-20)33-14-9-24-23(32)19-7-8-22(31)30(27-19)16-18-5-3-2-4-6-18/h2-8,15,17H,9-14,16H2,1H3,(H,24,32). The van der Waals surface area contributed by atoms with Crippen LogP contribution in [0.2, 0.25) is 0 Å². The Morgan fingerprint density at radius 3 is 2.64 bits per heavy atom. The van der Waals surface area contributed by atoms with Crippen molar-refractivity contribution in [3.05, 3.63) is 76.5 Å². The number of aromatic nitrogens is 4. The fraction of sp³-hybridized carbons (Fsp3) is 0.348. The van der Waals surface area contributed by atoms with Crippen LogP contribution < -0.4 is 20.5 Å². The van der Waals surface area contributed by atoms with Gasteiger partial charge in [0.2, 0.25) is 5.88 Å². The first-order chi connectivity index (χ1) is 16.1. The van der Waals surface area contributed by atoms with Crippen LogP contribution in [0, 0.1) is 0 Å². The Labute approximate surface area is 191 Å². The Morgan fingerprint density at radius 1 is 1.06 bits per heavy atom. The molecule has 33 heavy (non-hydrogen) atoms. The van der Waals surface area contributed by atoms with Crippen molar-refractivity contribution in [1.82, 2.24) is 30.0 Å². The van der Waals surface area contributed by atoms with Gasteiger partial charge in [-0.15, -0.1) is 0 Å². The van der Waals surface area contributed by atoms with Crippen molar-refractivity contribution >= 4 is 11.7 Å². The largest absolute Gasteiger partial charge is 0.476 e. The Hall–Kier alpha value is -3.79. The van der Waals surface area contributed by atoms with Crippen molar-refractivity contribution in [2.75, 3.05) is 51.3 Å². The highest BCUT2D eigenvalue weighted by Crippen LogP contribution is 2.17. The van der Waals surface area contributed by atoms with Gasteiger partial charge in [0.15, 0.2) is 0 Å². The molecule has 1 saturated heterocycles. The number of amides is 1. The van der Waals surface area contributed by atoms with Gasteiger partial charge in [0.1, 0.15) is 24.4 Å². The normalized spacial score (nSPS) is 14.2. The van der Waals surface area contributed by atoms with Crippen LogP contribution in [-0.2, 0) is 6.54 Å². The number of anilines is 1. The molecular weight excluding hydrogens is 422 g/mol. The maximum absolute atomic E-state index is 12.5. The number of benzene rings is 1. The lowest BCUT2D eigenvalue weighted by Gasteiger charge is -2.33. The maximum atomic E-state index is 12.5. The Morgan fingerprint density at radius 2 is 1.85 bits per heavy atom. The van der Waals surface area contributed by atoms with Crippen LogP contribution in [0.1, 0.15) is 16.1 Å². The van der Waals surface area contributed by atoms with Gasteiger partial charge in [0.05, 0.1) is 13.1 Å². The number of rotatable bonds is 8. The minimum absolute atomic E-state index is 0.171. The molecule has 1 aliphatic heterocycles. The summed E-state index contributed by atoms with van der Waals surface area (Å²) in [5.74, 6) is 0.922. The van der Waals surface area contributed by atoms with E-state index >= 15 is 0 Å². The number of hydrogen-bond acceptors (Lipinski definition) is 8. The molecule has 172 valence electrons. The van der Waals surface area contributed by atoms with Crippen molar-refractivity contribution in [1.29, 1.82) is 0 Å². The molecule has 0 unspecified atom stereocenters. The molecule has 0 atom stereocenters. The number of carbonyl (C=O) groups is 1. The first-order valence-corrected chi connectivity index (χ1v) is 10.9. The lowest BCUT2D eigenvalue weighted by Crippen LogP contribution is -2.44. The van der Waals surface area contributed by atoms with Gasteiger partial charge in [-0.2, -0.15) is 5.10 Å². The molecule has 1 fully saturated rings. The molecule has 0 aliphatic carbocycles. The zero-order valence-electron chi connectivity index (χ0n) is 18.6. The van der Waals surface area contributed by atoms with Gasteiger partial charge in [0, 0.05) is 38.3 Å². The minimum Gasteiger partial charge on any atom is -0.476 e. The van der Waals surface area contributed by atoms with E-state index in [2.05, 4.69) is 37.2 Å². The van der Waals surface area contributed by atoms with Gasteiger partial charge in [0.25, 0.3) is 11.5 Å². The second kappa shape index (κ2) is 10.7. The summed E-state index contributed by atoms with van der Waals surface area (Å²) in [6, 6.07) is 14.1. The molecule has 3 aromatic rings. The van der Waals surface area contributed by atoms with Gasteiger partial charge >= 0.3 is 0 Å². The third-order valence-electron chi connectivity index (χ3n) is 5.37. The number of carbonyl (C=O) groups excluding carboxylic acids is 1. The molecule has 1 N–H and O–H groups in total. The Bertz CT molecular complexity index is 1130. The lowest BCUT2D eigenvalue weighted by molar-refractivity contribution is 0.0939.